The van der Waals surface area contributed by atoms with E-state index >= 15 is 0 Å². The third-order valence-corrected chi connectivity index (χ3v) is 4.61. The molecule has 0 saturated carbocycles. The van der Waals surface area contributed by atoms with Crippen LogP contribution in [0.15, 0.2) is 23.6 Å². The number of thioether (sulfide) groups is 1. The molecular formula is C13H18N3O4S+. The molecule has 7 nitrogen and oxygen atoms in total. The molecule has 4 N–H and O–H groups in total. The lowest BCUT2D eigenvalue weighted by Crippen LogP contribution is -2.54. The van der Waals surface area contributed by atoms with Crippen molar-refractivity contribution in [1.82, 2.24) is 9.97 Å². The molecule has 0 spiro atoms. The number of H-pyrrole nitrogens is 1. The van der Waals surface area contributed by atoms with Crippen molar-refractivity contribution in [2.45, 2.75) is 36.0 Å². The van der Waals surface area contributed by atoms with E-state index in [9.17, 15) is 15.3 Å². The lowest BCUT2D eigenvalue weighted by atomic mass is 9.96. The van der Waals surface area contributed by atoms with Gasteiger partial charge < -0.3 is 20.1 Å². The average Bonchev–Trinajstić information content (AvgIpc) is 3.03. The highest BCUT2D eigenvalue weighted by Crippen LogP contribution is 2.35. The summed E-state index contributed by atoms with van der Waals surface area (Å²) in [5.74, 6) is 0. The van der Waals surface area contributed by atoms with Gasteiger partial charge in [-0.05, 0) is 19.2 Å². The second kappa shape index (κ2) is 5.22. The van der Waals surface area contributed by atoms with Crippen LogP contribution in [-0.2, 0) is 4.74 Å². The Kier molecular flexibility index (Phi) is 3.66. The molecule has 4 atom stereocenters. The molecule has 0 aromatic carbocycles. The maximum Gasteiger partial charge on any atom is 0.239 e. The van der Waals surface area contributed by atoms with Crippen molar-refractivity contribution in [3.8, 4) is 0 Å². The molecule has 2 aromatic rings. The number of aliphatic hydroxyl groups is 3. The molecule has 1 aliphatic heterocycles. The first-order chi connectivity index (χ1) is 10.0. The van der Waals surface area contributed by atoms with Gasteiger partial charge in [-0.1, -0.05) is 11.8 Å². The molecule has 1 saturated heterocycles. The van der Waals surface area contributed by atoms with Crippen LogP contribution in [0.3, 0.4) is 0 Å². The van der Waals surface area contributed by atoms with E-state index in [4.69, 9.17) is 4.74 Å². The van der Waals surface area contributed by atoms with Crippen molar-refractivity contribution in [3.63, 3.8) is 0 Å². The Morgan fingerprint density at radius 2 is 2.33 bits per heavy atom. The number of hydrogen-bond donors (Lipinski definition) is 4. The first-order valence-electron chi connectivity index (χ1n) is 6.58. The number of nitrogens with zero attached hydrogens (tertiary/aromatic N) is 2. The normalized spacial score (nSPS) is 32.9. The Bertz CT molecular complexity index is 660. The minimum atomic E-state index is -1.53. The zero-order valence-corrected chi connectivity index (χ0v) is 12.5. The predicted octanol–water partition coefficient (Wildman–Crippen LogP) is -0.426. The largest absolute Gasteiger partial charge is 0.394 e. The van der Waals surface area contributed by atoms with Crippen molar-refractivity contribution in [2.75, 3.05) is 12.9 Å². The van der Waals surface area contributed by atoms with E-state index in [0.29, 0.717) is 0 Å². The lowest BCUT2D eigenvalue weighted by Gasteiger charge is -2.25. The van der Waals surface area contributed by atoms with Gasteiger partial charge in [0.2, 0.25) is 18.2 Å². The first-order valence-corrected chi connectivity index (χ1v) is 7.81. The minimum absolute atomic E-state index is 0.363. The third kappa shape index (κ3) is 2.14. The van der Waals surface area contributed by atoms with Crippen LogP contribution >= 0.6 is 11.8 Å². The molecule has 0 aliphatic carbocycles. The zero-order chi connectivity index (χ0) is 15.2. The minimum Gasteiger partial charge on any atom is -0.394 e. The second-order valence-electron chi connectivity index (χ2n) is 5.28. The molecule has 8 heteroatoms. The van der Waals surface area contributed by atoms with Gasteiger partial charge in [0, 0.05) is 0 Å². The fraction of sp³-hybridized carbons (Fsp3) is 0.538. The standard InChI is InChI=1S/C13H17N3O4S/c1-13(19)9(18)8(5-17)20-12(13)16-6-15-11(21-2)7-3-4-14-10(7)16/h3-4,6,8-9,12,17-19H,5H2,1-2H3/p+1/t8-,9-,12?,13-/m1/s1. The molecule has 1 unspecified atom stereocenters. The Labute approximate surface area is 125 Å². The molecule has 3 rings (SSSR count). The topological polar surface area (TPSA) is 102 Å². The molecule has 0 amide bonds. The van der Waals surface area contributed by atoms with E-state index in [1.165, 1.54) is 18.7 Å². The zero-order valence-electron chi connectivity index (χ0n) is 11.7. The number of rotatable bonds is 3. The van der Waals surface area contributed by atoms with E-state index in [-0.39, 0.29) is 6.61 Å². The fourth-order valence-electron chi connectivity index (χ4n) is 2.72. The van der Waals surface area contributed by atoms with E-state index < -0.39 is 24.0 Å². The SMILES string of the molecule is CSc1nc[n+](C2O[C@H](CO)[C@@H](O)[C@@]2(C)O)c2[nH]ccc12. The van der Waals surface area contributed by atoms with Crippen LogP contribution < -0.4 is 4.57 Å². The van der Waals surface area contributed by atoms with Gasteiger partial charge in [0.1, 0.15) is 17.8 Å². The Morgan fingerprint density at radius 3 is 2.95 bits per heavy atom. The predicted molar refractivity (Wildman–Crippen MR) is 75.7 cm³/mol. The van der Waals surface area contributed by atoms with Crippen LogP contribution in [0.1, 0.15) is 13.2 Å². The summed E-state index contributed by atoms with van der Waals surface area (Å²) in [5.41, 5.74) is -0.788. The van der Waals surface area contributed by atoms with Crippen molar-refractivity contribution in [3.05, 3.63) is 18.6 Å². The van der Waals surface area contributed by atoms with Gasteiger partial charge in [-0.3, -0.25) is 4.98 Å². The Morgan fingerprint density at radius 1 is 1.57 bits per heavy atom. The van der Waals surface area contributed by atoms with Gasteiger partial charge in [-0.2, -0.15) is 0 Å². The van der Waals surface area contributed by atoms with E-state index in [0.717, 1.165) is 16.1 Å². The lowest BCUT2D eigenvalue weighted by molar-refractivity contribution is -0.754. The monoisotopic (exact) mass is 312 g/mol. The van der Waals surface area contributed by atoms with Crippen LogP contribution in [0.5, 0.6) is 0 Å². The summed E-state index contributed by atoms with van der Waals surface area (Å²) >= 11 is 1.52. The van der Waals surface area contributed by atoms with Gasteiger partial charge in [-0.15, -0.1) is 4.98 Å². The summed E-state index contributed by atoms with van der Waals surface area (Å²) in [6.07, 6.45) is 2.44. The Balaban J connectivity index is 2.11. The van der Waals surface area contributed by atoms with Crippen LogP contribution in [0.4, 0.5) is 0 Å². The summed E-state index contributed by atoms with van der Waals surface area (Å²) in [7, 11) is 0. The summed E-state index contributed by atoms with van der Waals surface area (Å²) in [6.45, 7) is 1.13. The van der Waals surface area contributed by atoms with Crippen LogP contribution in [0.2, 0.25) is 0 Å². The van der Waals surface area contributed by atoms with E-state index in [2.05, 4.69) is 9.97 Å². The molecule has 114 valence electrons. The van der Waals surface area contributed by atoms with Gasteiger partial charge in [-0.25, -0.2) is 4.57 Å². The maximum atomic E-state index is 10.5. The summed E-state index contributed by atoms with van der Waals surface area (Å²) in [6, 6.07) is 1.90. The van der Waals surface area contributed by atoms with Gasteiger partial charge >= 0.3 is 0 Å². The molecule has 1 aliphatic rings. The van der Waals surface area contributed by atoms with Crippen LogP contribution in [-0.4, -0.2) is 56.0 Å². The molecule has 2 aromatic heterocycles. The number of aromatic nitrogens is 3. The second-order valence-corrected chi connectivity index (χ2v) is 6.08. The van der Waals surface area contributed by atoms with Gasteiger partial charge in [0.05, 0.1) is 18.2 Å². The number of nitrogens with one attached hydrogen (secondary N) is 1. The van der Waals surface area contributed by atoms with E-state index in [1.807, 2.05) is 12.3 Å². The molecule has 0 bridgehead atoms. The van der Waals surface area contributed by atoms with E-state index in [1.54, 1.807) is 17.1 Å². The van der Waals surface area contributed by atoms with Crippen molar-refractivity contribution < 1.29 is 24.6 Å². The summed E-state index contributed by atoms with van der Waals surface area (Å²) < 4.78 is 7.27. The van der Waals surface area contributed by atoms with Crippen LogP contribution in [0.25, 0.3) is 11.0 Å². The van der Waals surface area contributed by atoms with Gasteiger partial charge in [0.25, 0.3) is 0 Å². The van der Waals surface area contributed by atoms with Crippen molar-refractivity contribution >= 4 is 22.8 Å². The number of fused-ring (bicyclic) bond motifs is 1. The number of aliphatic hydroxyl groups excluding tert-OH is 2. The van der Waals surface area contributed by atoms with Crippen LogP contribution in [0, 0.1) is 0 Å². The first kappa shape index (κ1) is 14.7. The highest BCUT2D eigenvalue weighted by atomic mass is 32.2. The maximum absolute atomic E-state index is 10.5. The van der Waals surface area contributed by atoms with Crippen molar-refractivity contribution in [2.24, 2.45) is 0 Å². The summed E-state index contributed by atoms with van der Waals surface area (Å²) in [5, 5.41) is 31.7. The number of aromatic amines is 1. The molecule has 0 radical (unpaired) electrons. The molecule has 1 fully saturated rings. The van der Waals surface area contributed by atoms with Crippen molar-refractivity contribution in [1.29, 1.82) is 0 Å². The Hall–Kier alpha value is -1.19. The fourth-order valence-corrected chi connectivity index (χ4v) is 3.26. The summed E-state index contributed by atoms with van der Waals surface area (Å²) in [4.78, 5) is 7.45. The molecular weight excluding hydrogens is 294 g/mol. The third-order valence-electron chi connectivity index (χ3n) is 3.89. The number of ether oxygens (including phenoxy) is 1. The average molecular weight is 312 g/mol. The smallest absolute Gasteiger partial charge is 0.239 e. The number of hydrogen-bond acceptors (Lipinski definition) is 6. The quantitative estimate of drug-likeness (QED) is 0.349. The highest BCUT2D eigenvalue weighted by molar-refractivity contribution is 7.98. The molecule has 3 heterocycles. The highest BCUT2D eigenvalue weighted by Gasteiger charge is 2.55. The molecule has 21 heavy (non-hydrogen) atoms. The van der Waals surface area contributed by atoms with Gasteiger partial charge in [0.15, 0.2) is 5.03 Å².